The summed E-state index contributed by atoms with van der Waals surface area (Å²) in [5, 5.41) is 19.5. The molecule has 0 spiro atoms. The molecule has 0 saturated carbocycles. The highest BCUT2D eigenvalue weighted by molar-refractivity contribution is 5.88. The highest BCUT2D eigenvalue weighted by Crippen LogP contribution is 2.14. The summed E-state index contributed by atoms with van der Waals surface area (Å²) in [6, 6.07) is 4.78. The Morgan fingerprint density at radius 2 is 2.27 bits per heavy atom. The van der Waals surface area contributed by atoms with E-state index in [2.05, 4.69) is 15.5 Å². The van der Waals surface area contributed by atoms with E-state index in [-0.39, 0.29) is 5.56 Å². The van der Waals surface area contributed by atoms with Gasteiger partial charge in [-0.2, -0.15) is 0 Å². The van der Waals surface area contributed by atoms with Crippen LogP contribution in [0.1, 0.15) is 15.9 Å². The van der Waals surface area contributed by atoms with Gasteiger partial charge in [0.1, 0.15) is 6.33 Å². The molecule has 0 radical (unpaired) electrons. The molecule has 0 bridgehead atoms. The first-order chi connectivity index (χ1) is 7.18. The Balaban J connectivity index is 2.48. The Morgan fingerprint density at radius 1 is 1.47 bits per heavy atom. The second-order valence-corrected chi connectivity index (χ2v) is 3.06. The number of tetrazole rings is 1. The number of rotatable bonds is 2. The van der Waals surface area contributed by atoms with Gasteiger partial charge in [0.2, 0.25) is 0 Å². The summed E-state index contributed by atoms with van der Waals surface area (Å²) < 4.78 is 1.49. The minimum absolute atomic E-state index is 0.254. The predicted molar refractivity (Wildman–Crippen MR) is 50.9 cm³/mol. The zero-order valence-electron chi connectivity index (χ0n) is 7.95. The third-order valence-corrected chi connectivity index (χ3v) is 2.04. The Hall–Kier alpha value is -2.24. The standard InChI is InChI=1S/C9H8N4O2/c1-6-4-7(9(14)15)2-3-8(6)13-5-10-11-12-13/h2-5H,1H3,(H,14,15). The van der Waals surface area contributed by atoms with Crippen LogP contribution in [-0.2, 0) is 0 Å². The first-order valence-corrected chi connectivity index (χ1v) is 4.26. The number of aryl methyl sites for hydroxylation is 1. The highest BCUT2D eigenvalue weighted by atomic mass is 16.4. The van der Waals surface area contributed by atoms with Crippen molar-refractivity contribution in [1.82, 2.24) is 20.2 Å². The lowest BCUT2D eigenvalue weighted by Crippen LogP contribution is -2.02. The molecule has 0 aliphatic rings. The average molecular weight is 204 g/mol. The monoisotopic (exact) mass is 204 g/mol. The summed E-state index contributed by atoms with van der Waals surface area (Å²) in [5.74, 6) is -0.943. The molecule has 76 valence electrons. The molecule has 6 heteroatoms. The van der Waals surface area contributed by atoms with Gasteiger partial charge in [-0.15, -0.1) is 5.10 Å². The Bertz CT molecular complexity index is 493. The van der Waals surface area contributed by atoms with Crippen molar-refractivity contribution >= 4 is 5.97 Å². The topological polar surface area (TPSA) is 80.9 Å². The van der Waals surface area contributed by atoms with E-state index in [0.717, 1.165) is 11.3 Å². The van der Waals surface area contributed by atoms with E-state index >= 15 is 0 Å². The number of carboxylic acid groups (broad SMARTS) is 1. The van der Waals surface area contributed by atoms with E-state index < -0.39 is 5.97 Å². The molecule has 0 unspecified atom stereocenters. The van der Waals surface area contributed by atoms with Crippen molar-refractivity contribution in [3.8, 4) is 5.69 Å². The normalized spacial score (nSPS) is 10.2. The smallest absolute Gasteiger partial charge is 0.335 e. The fraction of sp³-hybridized carbons (Fsp3) is 0.111. The summed E-state index contributed by atoms with van der Waals surface area (Å²) in [5.41, 5.74) is 1.83. The third-order valence-electron chi connectivity index (χ3n) is 2.04. The minimum atomic E-state index is -0.943. The van der Waals surface area contributed by atoms with Crippen molar-refractivity contribution in [1.29, 1.82) is 0 Å². The summed E-state index contributed by atoms with van der Waals surface area (Å²) in [6.07, 6.45) is 1.46. The van der Waals surface area contributed by atoms with Gasteiger partial charge >= 0.3 is 5.97 Å². The highest BCUT2D eigenvalue weighted by Gasteiger charge is 2.07. The quantitative estimate of drug-likeness (QED) is 0.777. The van der Waals surface area contributed by atoms with Crippen LogP contribution in [0.15, 0.2) is 24.5 Å². The van der Waals surface area contributed by atoms with E-state index in [1.54, 1.807) is 12.1 Å². The van der Waals surface area contributed by atoms with Gasteiger partial charge in [-0.3, -0.25) is 0 Å². The molecule has 1 aromatic heterocycles. The fourth-order valence-electron chi connectivity index (χ4n) is 1.32. The number of hydrogen-bond donors (Lipinski definition) is 1. The van der Waals surface area contributed by atoms with Crippen molar-refractivity contribution < 1.29 is 9.90 Å². The zero-order chi connectivity index (χ0) is 10.8. The number of aromatic carboxylic acids is 1. The minimum Gasteiger partial charge on any atom is -0.478 e. The Labute approximate surface area is 85.2 Å². The molecule has 1 heterocycles. The molecule has 0 aliphatic carbocycles. The van der Waals surface area contributed by atoms with Crippen LogP contribution in [0, 0.1) is 6.92 Å². The van der Waals surface area contributed by atoms with Crippen LogP contribution in [0.4, 0.5) is 0 Å². The zero-order valence-corrected chi connectivity index (χ0v) is 7.95. The number of hydrogen-bond acceptors (Lipinski definition) is 4. The van der Waals surface area contributed by atoms with Crippen LogP contribution in [0.25, 0.3) is 5.69 Å². The van der Waals surface area contributed by atoms with Gasteiger partial charge in [0.25, 0.3) is 0 Å². The molecule has 0 atom stereocenters. The molecular weight excluding hydrogens is 196 g/mol. The number of nitrogens with zero attached hydrogens (tertiary/aromatic N) is 4. The second-order valence-electron chi connectivity index (χ2n) is 3.06. The van der Waals surface area contributed by atoms with Crippen LogP contribution >= 0.6 is 0 Å². The van der Waals surface area contributed by atoms with Crippen LogP contribution in [0.3, 0.4) is 0 Å². The van der Waals surface area contributed by atoms with Crippen molar-refractivity contribution in [2.24, 2.45) is 0 Å². The molecular formula is C9H8N4O2. The average Bonchev–Trinajstić information content (AvgIpc) is 2.70. The molecule has 1 aromatic carbocycles. The van der Waals surface area contributed by atoms with E-state index in [9.17, 15) is 4.79 Å². The van der Waals surface area contributed by atoms with Crippen LogP contribution in [0.2, 0.25) is 0 Å². The molecule has 0 amide bonds. The van der Waals surface area contributed by atoms with E-state index in [0.29, 0.717) is 0 Å². The number of aromatic nitrogens is 4. The van der Waals surface area contributed by atoms with E-state index in [1.165, 1.54) is 17.1 Å². The summed E-state index contributed by atoms with van der Waals surface area (Å²) in [6.45, 7) is 1.81. The van der Waals surface area contributed by atoms with Gasteiger partial charge in [-0.25, -0.2) is 9.48 Å². The van der Waals surface area contributed by atoms with Gasteiger partial charge in [0.05, 0.1) is 11.3 Å². The lowest BCUT2D eigenvalue weighted by molar-refractivity contribution is 0.0697. The summed E-state index contributed by atoms with van der Waals surface area (Å²) in [4.78, 5) is 10.7. The molecule has 2 rings (SSSR count). The van der Waals surface area contributed by atoms with E-state index in [4.69, 9.17) is 5.11 Å². The van der Waals surface area contributed by atoms with Gasteiger partial charge in [0, 0.05) is 0 Å². The molecule has 1 N–H and O–H groups in total. The van der Waals surface area contributed by atoms with Crippen LogP contribution in [0.5, 0.6) is 0 Å². The van der Waals surface area contributed by atoms with E-state index in [1.807, 2.05) is 6.92 Å². The van der Waals surface area contributed by atoms with Crippen molar-refractivity contribution in [2.75, 3.05) is 0 Å². The largest absolute Gasteiger partial charge is 0.478 e. The molecule has 2 aromatic rings. The van der Waals surface area contributed by atoms with Crippen LogP contribution < -0.4 is 0 Å². The van der Waals surface area contributed by atoms with Gasteiger partial charge in [0.15, 0.2) is 0 Å². The van der Waals surface area contributed by atoms with Gasteiger partial charge < -0.3 is 5.11 Å². The first kappa shape index (κ1) is 9.32. The van der Waals surface area contributed by atoms with Crippen molar-refractivity contribution in [3.05, 3.63) is 35.7 Å². The molecule has 6 nitrogen and oxygen atoms in total. The Morgan fingerprint density at radius 3 is 2.80 bits per heavy atom. The number of carboxylic acids is 1. The van der Waals surface area contributed by atoms with Gasteiger partial charge in [-0.05, 0) is 41.1 Å². The molecule has 15 heavy (non-hydrogen) atoms. The van der Waals surface area contributed by atoms with Crippen molar-refractivity contribution in [2.45, 2.75) is 6.92 Å². The maximum Gasteiger partial charge on any atom is 0.335 e. The second kappa shape index (κ2) is 3.49. The lowest BCUT2D eigenvalue weighted by Gasteiger charge is -2.04. The first-order valence-electron chi connectivity index (χ1n) is 4.26. The number of carbonyl (C=O) groups is 1. The van der Waals surface area contributed by atoms with Gasteiger partial charge in [-0.1, -0.05) is 0 Å². The third kappa shape index (κ3) is 1.69. The summed E-state index contributed by atoms with van der Waals surface area (Å²) >= 11 is 0. The molecule has 0 aliphatic heterocycles. The fourth-order valence-corrected chi connectivity index (χ4v) is 1.32. The maximum atomic E-state index is 10.7. The Kier molecular flexibility index (Phi) is 2.17. The SMILES string of the molecule is Cc1cc(C(=O)O)ccc1-n1cnnn1. The number of benzene rings is 1. The molecule has 0 saturated heterocycles. The van der Waals surface area contributed by atoms with Crippen LogP contribution in [-0.4, -0.2) is 31.3 Å². The maximum absolute atomic E-state index is 10.7. The van der Waals surface area contributed by atoms with Crippen molar-refractivity contribution in [3.63, 3.8) is 0 Å². The lowest BCUT2D eigenvalue weighted by atomic mass is 10.1. The predicted octanol–water partition coefficient (Wildman–Crippen LogP) is 0.669. The molecule has 0 fully saturated rings. The summed E-state index contributed by atoms with van der Waals surface area (Å²) in [7, 11) is 0.